The summed E-state index contributed by atoms with van der Waals surface area (Å²) in [5, 5.41) is 19.1. The first-order valence-corrected chi connectivity index (χ1v) is 7.13. The molecular weight excluding hydrogens is 284 g/mol. The maximum Gasteiger partial charge on any atom is 0.252 e. The highest BCUT2D eigenvalue weighted by Crippen LogP contribution is 2.16. The van der Waals surface area contributed by atoms with Crippen LogP contribution in [0.15, 0.2) is 24.3 Å². The Morgan fingerprint density at radius 3 is 3.05 bits per heavy atom. The lowest BCUT2D eigenvalue weighted by molar-refractivity contribution is -0.123. The molecule has 3 N–H and O–H groups in total. The van der Waals surface area contributed by atoms with Gasteiger partial charge in [-0.15, -0.1) is 10.2 Å². The maximum absolute atomic E-state index is 12.1. The maximum atomic E-state index is 12.1. The number of carbonyl (C=O) groups is 2. The van der Waals surface area contributed by atoms with Crippen molar-refractivity contribution in [2.45, 2.75) is 25.3 Å². The Bertz CT molecular complexity index is 670. The lowest BCUT2D eigenvalue weighted by atomic mass is 9.95. The average molecular weight is 300 g/mol. The molecule has 1 aromatic heterocycles. The van der Waals surface area contributed by atoms with E-state index >= 15 is 0 Å². The first kappa shape index (κ1) is 14.2. The predicted octanol–water partition coefficient (Wildman–Crippen LogP) is -0.397. The summed E-state index contributed by atoms with van der Waals surface area (Å²) in [6, 6.07) is 6.81. The third-order valence-corrected chi connectivity index (χ3v) is 3.57. The number of hydrogen-bond acceptors (Lipinski definition) is 5. The molecule has 0 bridgehead atoms. The van der Waals surface area contributed by atoms with E-state index in [2.05, 4.69) is 31.3 Å². The van der Waals surface area contributed by atoms with E-state index in [1.54, 1.807) is 6.07 Å². The molecule has 0 spiro atoms. The molecule has 0 fully saturated rings. The van der Waals surface area contributed by atoms with Crippen molar-refractivity contribution in [3.05, 3.63) is 41.2 Å². The number of rotatable bonds is 5. The highest BCUT2D eigenvalue weighted by atomic mass is 16.2. The summed E-state index contributed by atoms with van der Waals surface area (Å²) < 4.78 is 0. The van der Waals surface area contributed by atoms with Crippen molar-refractivity contribution in [3.8, 4) is 0 Å². The van der Waals surface area contributed by atoms with Crippen LogP contribution in [0.4, 0.5) is 0 Å². The molecule has 1 unspecified atom stereocenters. The molecule has 0 radical (unpaired) electrons. The van der Waals surface area contributed by atoms with Crippen LogP contribution in [0.3, 0.4) is 0 Å². The summed E-state index contributed by atoms with van der Waals surface area (Å²) in [6.07, 6.45) is 1.86. The van der Waals surface area contributed by atoms with E-state index < -0.39 is 6.04 Å². The van der Waals surface area contributed by atoms with Crippen molar-refractivity contribution in [3.63, 3.8) is 0 Å². The number of aromatic amines is 1. The van der Waals surface area contributed by atoms with Crippen molar-refractivity contribution < 1.29 is 9.59 Å². The zero-order valence-corrected chi connectivity index (χ0v) is 11.9. The number of nitrogens with zero attached hydrogens (tertiary/aromatic N) is 3. The van der Waals surface area contributed by atoms with Crippen LogP contribution in [0.1, 0.15) is 28.2 Å². The molecule has 2 amide bonds. The highest BCUT2D eigenvalue weighted by Gasteiger charge is 2.28. The number of nitrogens with one attached hydrogen (secondary N) is 3. The molecule has 0 saturated carbocycles. The van der Waals surface area contributed by atoms with Crippen LogP contribution in [0.5, 0.6) is 0 Å². The monoisotopic (exact) mass is 300 g/mol. The summed E-state index contributed by atoms with van der Waals surface area (Å²) in [5.74, 6) is 0.249. The SMILES string of the molecule is O=C1NC(C(=O)NCCCc2nn[nH]n2)Cc2ccccc21. The molecular formula is C14H16N6O2. The summed E-state index contributed by atoms with van der Waals surface area (Å²) in [4.78, 5) is 24.1. The Hall–Kier alpha value is -2.77. The van der Waals surface area contributed by atoms with Crippen molar-refractivity contribution in [2.24, 2.45) is 0 Å². The fourth-order valence-corrected chi connectivity index (χ4v) is 2.45. The molecule has 1 aliphatic rings. The number of benzene rings is 1. The molecule has 1 aliphatic heterocycles. The minimum absolute atomic E-state index is 0.170. The zero-order chi connectivity index (χ0) is 15.4. The van der Waals surface area contributed by atoms with Crippen LogP contribution < -0.4 is 10.6 Å². The number of tetrazole rings is 1. The topological polar surface area (TPSA) is 113 Å². The third-order valence-electron chi connectivity index (χ3n) is 3.57. The van der Waals surface area contributed by atoms with Gasteiger partial charge in [-0.3, -0.25) is 9.59 Å². The van der Waals surface area contributed by atoms with Gasteiger partial charge >= 0.3 is 0 Å². The minimum atomic E-state index is -0.521. The standard InChI is InChI=1S/C14H16N6O2/c21-13-10-5-2-1-4-9(10)8-11(16-13)14(22)15-7-3-6-12-17-19-20-18-12/h1-2,4-5,11H,3,6-8H2,(H,15,22)(H,16,21)(H,17,18,19,20). The average Bonchev–Trinajstić information content (AvgIpc) is 3.04. The molecule has 0 aliphatic carbocycles. The van der Waals surface area contributed by atoms with Crippen LogP contribution in [0.25, 0.3) is 0 Å². The molecule has 114 valence electrons. The van der Waals surface area contributed by atoms with Crippen LogP contribution >= 0.6 is 0 Å². The van der Waals surface area contributed by atoms with E-state index in [1.807, 2.05) is 18.2 Å². The Morgan fingerprint density at radius 2 is 2.23 bits per heavy atom. The van der Waals surface area contributed by atoms with Gasteiger partial charge in [-0.1, -0.05) is 23.4 Å². The number of H-pyrrole nitrogens is 1. The van der Waals surface area contributed by atoms with Gasteiger partial charge in [0.1, 0.15) is 6.04 Å². The molecule has 1 aromatic carbocycles. The van der Waals surface area contributed by atoms with Crippen molar-refractivity contribution in [1.82, 2.24) is 31.3 Å². The van der Waals surface area contributed by atoms with Gasteiger partial charge in [0.15, 0.2) is 5.82 Å². The smallest absolute Gasteiger partial charge is 0.252 e. The number of aryl methyl sites for hydroxylation is 1. The first-order valence-electron chi connectivity index (χ1n) is 7.13. The van der Waals surface area contributed by atoms with E-state index in [0.29, 0.717) is 37.2 Å². The first-order chi connectivity index (χ1) is 10.7. The van der Waals surface area contributed by atoms with Gasteiger partial charge in [0.25, 0.3) is 5.91 Å². The molecule has 0 saturated heterocycles. The molecule has 2 aromatic rings. The predicted molar refractivity (Wildman–Crippen MR) is 76.9 cm³/mol. The Morgan fingerprint density at radius 1 is 1.36 bits per heavy atom. The van der Waals surface area contributed by atoms with E-state index in [9.17, 15) is 9.59 Å². The molecule has 2 heterocycles. The molecule has 1 atom stereocenters. The summed E-state index contributed by atoms with van der Waals surface area (Å²) >= 11 is 0. The van der Waals surface area contributed by atoms with Gasteiger partial charge in [-0.2, -0.15) is 5.21 Å². The summed E-state index contributed by atoms with van der Waals surface area (Å²) in [6.45, 7) is 0.501. The molecule has 8 heteroatoms. The number of aromatic nitrogens is 4. The Kier molecular flexibility index (Phi) is 4.08. The highest BCUT2D eigenvalue weighted by molar-refractivity contribution is 6.00. The number of amides is 2. The van der Waals surface area contributed by atoms with Gasteiger partial charge < -0.3 is 10.6 Å². The van der Waals surface area contributed by atoms with Crippen molar-refractivity contribution in [1.29, 1.82) is 0 Å². The minimum Gasteiger partial charge on any atom is -0.354 e. The van der Waals surface area contributed by atoms with E-state index in [-0.39, 0.29) is 11.8 Å². The number of fused-ring (bicyclic) bond motifs is 1. The number of hydrogen-bond donors (Lipinski definition) is 3. The molecule has 8 nitrogen and oxygen atoms in total. The third kappa shape index (κ3) is 3.11. The Labute approximate surface area is 126 Å². The van der Waals surface area contributed by atoms with E-state index in [1.165, 1.54) is 0 Å². The lowest BCUT2D eigenvalue weighted by Crippen LogP contribution is -2.51. The second-order valence-electron chi connectivity index (χ2n) is 5.11. The molecule has 22 heavy (non-hydrogen) atoms. The fourth-order valence-electron chi connectivity index (χ4n) is 2.45. The van der Waals surface area contributed by atoms with Crippen LogP contribution in [0.2, 0.25) is 0 Å². The second-order valence-corrected chi connectivity index (χ2v) is 5.11. The van der Waals surface area contributed by atoms with Crippen LogP contribution in [-0.2, 0) is 17.6 Å². The largest absolute Gasteiger partial charge is 0.354 e. The number of carbonyl (C=O) groups excluding carboxylic acids is 2. The van der Waals surface area contributed by atoms with E-state index in [4.69, 9.17) is 0 Å². The van der Waals surface area contributed by atoms with Crippen LogP contribution in [0, 0.1) is 0 Å². The van der Waals surface area contributed by atoms with Gasteiger partial charge in [0, 0.05) is 24.9 Å². The van der Waals surface area contributed by atoms with Crippen molar-refractivity contribution >= 4 is 11.8 Å². The van der Waals surface area contributed by atoms with Gasteiger partial charge in [-0.05, 0) is 18.1 Å². The van der Waals surface area contributed by atoms with Gasteiger partial charge in [0.05, 0.1) is 0 Å². The van der Waals surface area contributed by atoms with Crippen LogP contribution in [-0.4, -0.2) is 45.0 Å². The normalized spacial score (nSPS) is 16.7. The fraction of sp³-hybridized carbons (Fsp3) is 0.357. The summed E-state index contributed by atoms with van der Waals surface area (Å²) in [5.41, 5.74) is 1.54. The van der Waals surface area contributed by atoms with E-state index in [0.717, 1.165) is 5.56 Å². The second kappa shape index (κ2) is 6.33. The molecule has 3 rings (SSSR count). The quantitative estimate of drug-likeness (QED) is 0.651. The summed E-state index contributed by atoms with van der Waals surface area (Å²) in [7, 11) is 0. The van der Waals surface area contributed by atoms with Gasteiger partial charge in [-0.25, -0.2) is 0 Å². The van der Waals surface area contributed by atoms with Gasteiger partial charge in [0.2, 0.25) is 5.91 Å². The zero-order valence-electron chi connectivity index (χ0n) is 11.9. The van der Waals surface area contributed by atoms with Crippen molar-refractivity contribution in [2.75, 3.05) is 6.54 Å². The lowest BCUT2D eigenvalue weighted by Gasteiger charge is -2.24. The Balaban J connectivity index is 1.50.